The maximum Gasteiger partial charge on any atom is 0.251 e. The molecule has 7 rings (SSSR count). The van der Waals surface area contributed by atoms with Crippen LogP contribution < -0.4 is 20.5 Å². The third kappa shape index (κ3) is 4.89. The molecule has 234 valence electrons. The fraction of sp³-hybridized carbons (Fsp3) is 0.394. The molecule has 2 aliphatic carbocycles. The summed E-state index contributed by atoms with van der Waals surface area (Å²) in [6.07, 6.45) is 4.53. The van der Waals surface area contributed by atoms with Crippen LogP contribution in [0.3, 0.4) is 0 Å². The van der Waals surface area contributed by atoms with Crippen molar-refractivity contribution in [3.8, 4) is 22.9 Å². The highest BCUT2D eigenvalue weighted by molar-refractivity contribution is 6.31. The summed E-state index contributed by atoms with van der Waals surface area (Å²) in [7, 11) is 1.53. The number of carbonyl (C=O) groups is 2. The van der Waals surface area contributed by atoms with Gasteiger partial charge in [0.15, 0.2) is 0 Å². The molecule has 4 heterocycles. The highest BCUT2D eigenvalue weighted by Crippen LogP contribution is 2.49. The molecule has 2 atom stereocenters. The van der Waals surface area contributed by atoms with Crippen molar-refractivity contribution in [2.75, 3.05) is 20.3 Å². The van der Waals surface area contributed by atoms with Crippen LogP contribution in [0, 0.1) is 11.7 Å². The van der Waals surface area contributed by atoms with Gasteiger partial charge in [-0.25, -0.2) is 13.9 Å². The Morgan fingerprint density at radius 2 is 2.00 bits per heavy atom. The lowest BCUT2D eigenvalue weighted by Gasteiger charge is -2.41. The molecule has 12 heteroatoms. The van der Waals surface area contributed by atoms with Crippen molar-refractivity contribution in [1.29, 1.82) is 0 Å². The molecule has 0 spiro atoms. The quantitative estimate of drug-likeness (QED) is 0.244. The summed E-state index contributed by atoms with van der Waals surface area (Å²) in [5, 5.41) is 19.9. The molecule has 0 bridgehead atoms. The second-order valence-electron chi connectivity index (χ2n) is 12.5. The minimum absolute atomic E-state index is 0.0231. The zero-order chi connectivity index (χ0) is 31.7. The van der Waals surface area contributed by atoms with Gasteiger partial charge in [0, 0.05) is 28.7 Å². The number of hydrogen-bond donors (Lipinski definition) is 3. The van der Waals surface area contributed by atoms with Crippen LogP contribution in [0.15, 0.2) is 42.5 Å². The van der Waals surface area contributed by atoms with E-state index < -0.39 is 28.6 Å². The third-order valence-corrected chi connectivity index (χ3v) is 9.86. The van der Waals surface area contributed by atoms with Gasteiger partial charge in [-0.3, -0.25) is 9.59 Å². The Kier molecular flexibility index (Phi) is 7.01. The summed E-state index contributed by atoms with van der Waals surface area (Å²) in [6.45, 7) is 1.50. The normalized spacial score (nSPS) is 20.6. The van der Waals surface area contributed by atoms with Crippen molar-refractivity contribution in [2.24, 2.45) is 11.7 Å². The Bertz CT molecular complexity index is 1870. The molecule has 2 fully saturated rings. The van der Waals surface area contributed by atoms with E-state index in [2.05, 4.69) is 10.4 Å². The van der Waals surface area contributed by atoms with Gasteiger partial charge in [-0.2, -0.15) is 5.10 Å². The molecule has 0 saturated heterocycles. The van der Waals surface area contributed by atoms with Gasteiger partial charge in [-0.05, 0) is 74.9 Å². The number of hydrogen-bond acceptors (Lipinski definition) is 7. The number of amides is 2. The minimum atomic E-state index is -1.60. The van der Waals surface area contributed by atoms with Crippen molar-refractivity contribution in [2.45, 2.75) is 56.0 Å². The number of primary amides is 1. The summed E-state index contributed by atoms with van der Waals surface area (Å²) in [6, 6.07) is 11.1. The van der Waals surface area contributed by atoms with E-state index >= 15 is 0 Å². The lowest BCUT2D eigenvalue weighted by molar-refractivity contribution is -0.123. The summed E-state index contributed by atoms with van der Waals surface area (Å²) >= 11 is 6.12. The Balaban J connectivity index is 1.27. The number of carbonyl (C=O) groups excluding carboxylic acids is 2. The molecule has 45 heavy (non-hydrogen) atoms. The summed E-state index contributed by atoms with van der Waals surface area (Å²) in [5.74, 6) is -0.651. The highest BCUT2D eigenvalue weighted by Gasteiger charge is 2.48. The Morgan fingerprint density at radius 3 is 2.64 bits per heavy atom. The number of ether oxygens (including phenoxy) is 2. The number of nitrogens with zero attached hydrogens (tertiary/aromatic N) is 3. The maximum absolute atomic E-state index is 14.1. The van der Waals surface area contributed by atoms with Gasteiger partial charge in [0.1, 0.15) is 34.9 Å². The van der Waals surface area contributed by atoms with Gasteiger partial charge >= 0.3 is 0 Å². The lowest BCUT2D eigenvalue weighted by atomic mass is 9.70. The van der Waals surface area contributed by atoms with E-state index in [1.54, 1.807) is 29.6 Å². The van der Waals surface area contributed by atoms with Gasteiger partial charge in [-0.15, -0.1) is 0 Å². The van der Waals surface area contributed by atoms with Crippen LogP contribution in [0.2, 0.25) is 5.02 Å². The van der Waals surface area contributed by atoms with E-state index in [1.807, 2.05) is 6.07 Å². The monoisotopic (exact) mass is 633 g/mol. The highest BCUT2D eigenvalue weighted by atomic mass is 35.5. The van der Waals surface area contributed by atoms with E-state index in [0.717, 1.165) is 30.5 Å². The number of benzene rings is 1. The number of aromatic nitrogens is 3. The molecular formula is C33H33ClFN5O5. The molecule has 1 aliphatic heterocycles. The third-order valence-electron chi connectivity index (χ3n) is 9.57. The van der Waals surface area contributed by atoms with Crippen LogP contribution in [0.1, 0.15) is 72.3 Å². The minimum Gasteiger partial charge on any atom is -0.489 e. The maximum atomic E-state index is 14.1. The first-order valence-corrected chi connectivity index (χ1v) is 15.4. The zero-order valence-electron chi connectivity index (χ0n) is 24.9. The Morgan fingerprint density at radius 1 is 1.22 bits per heavy atom. The van der Waals surface area contributed by atoms with Crippen LogP contribution in [0.4, 0.5) is 4.39 Å². The standard InChI is InChI=1S/C33H33ClFN5O5/c1-32(31(36)42)16-45-29-22(32)14-26(38-28(29)18-8-9-24(35)23(34)11-18)33(43,20-4-3-5-20)15-37-30(41)19-10-21-13-25(17-6-7-17)39-40(21)27(12-19)44-2/h8-14,17,20,43H,3-7,15-16H2,1-2H3,(H2,36,42)(H,37,41)/t32-,33?/m0/s1. The van der Waals surface area contributed by atoms with Crippen molar-refractivity contribution in [1.82, 2.24) is 19.9 Å². The fourth-order valence-electron chi connectivity index (χ4n) is 6.24. The molecule has 1 aromatic carbocycles. The molecule has 1 unspecified atom stereocenters. The van der Waals surface area contributed by atoms with Crippen molar-refractivity contribution in [3.05, 3.63) is 75.8 Å². The summed E-state index contributed by atoms with van der Waals surface area (Å²) in [5.41, 5.74) is 6.54. The van der Waals surface area contributed by atoms with Crippen molar-refractivity contribution in [3.63, 3.8) is 0 Å². The number of aliphatic hydroxyl groups is 1. The number of fused-ring (bicyclic) bond motifs is 2. The van der Waals surface area contributed by atoms with Crippen molar-refractivity contribution >= 4 is 28.9 Å². The van der Waals surface area contributed by atoms with Gasteiger partial charge < -0.3 is 25.6 Å². The first-order valence-electron chi connectivity index (χ1n) is 15.0. The van der Waals surface area contributed by atoms with Crippen LogP contribution >= 0.6 is 11.6 Å². The molecule has 3 aliphatic rings. The second kappa shape index (κ2) is 10.7. The van der Waals surface area contributed by atoms with Crippen LogP contribution in [-0.4, -0.2) is 51.8 Å². The number of rotatable bonds is 9. The molecule has 3 aromatic heterocycles. The smallest absolute Gasteiger partial charge is 0.251 e. The molecule has 4 aromatic rings. The van der Waals surface area contributed by atoms with Crippen molar-refractivity contribution < 1.29 is 28.6 Å². The Hall–Kier alpha value is -4.22. The van der Waals surface area contributed by atoms with Crippen LogP contribution in [0.5, 0.6) is 11.6 Å². The van der Waals surface area contributed by atoms with Gasteiger partial charge in [-0.1, -0.05) is 18.0 Å². The zero-order valence-corrected chi connectivity index (χ0v) is 25.7. The second-order valence-corrected chi connectivity index (χ2v) is 13.0. The predicted molar refractivity (Wildman–Crippen MR) is 164 cm³/mol. The van der Waals surface area contributed by atoms with Crippen LogP contribution in [0.25, 0.3) is 16.8 Å². The molecule has 4 N–H and O–H groups in total. The summed E-state index contributed by atoms with van der Waals surface area (Å²) in [4.78, 5) is 31.1. The molecule has 10 nitrogen and oxygen atoms in total. The average Bonchev–Trinajstić information content (AvgIpc) is 3.66. The van der Waals surface area contributed by atoms with Gasteiger partial charge in [0.25, 0.3) is 5.91 Å². The van der Waals surface area contributed by atoms with Crippen LogP contribution in [-0.2, 0) is 15.8 Å². The number of halogens is 2. The SMILES string of the molecule is COc1cc(C(=O)NCC(O)(c2cc3c(c(-c4ccc(F)c(Cl)c4)n2)OC[C@]3(C)C(N)=O)C2CCC2)cc2cc(C3CC3)nn12. The number of pyridine rings is 2. The molecule has 2 saturated carbocycles. The number of methoxy groups -OCH3 is 1. The average molecular weight is 634 g/mol. The molecule has 2 amide bonds. The number of nitrogens with two attached hydrogens (primary N) is 1. The van der Waals surface area contributed by atoms with E-state index in [4.69, 9.17) is 31.8 Å². The lowest BCUT2D eigenvalue weighted by Crippen LogP contribution is -2.49. The molecule has 0 radical (unpaired) electrons. The summed E-state index contributed by atoms with van der Waals surface area (Å²) < 4.78 is 27.3. The number of nitrogens with one attached hydrogen (secondary N) is 1. The first kappa shape index (κ1) is 29.5. The topological polar surface area (TPSA) is 141 Å². The van der Waals surface area contributed by atoms with Gasteiger partial charge in [0.2, 0.25) is 11.8 Å². The predicted octanol–water partition coefficient (Wildman–Crippen LogP) is 4.63. The fourth-order valence-corrected chi connectivity index (χ4v) is 6.42. The van der Waals surface area contributed by atoms with Gasteiger partial charge in [0.05, 0.1) is 35.6 Å². The van der Waals surface area contributed by atoms with E-state index in [1.165, 1.54) is 25.3 Å². The van der Waals surface area contributed by atoms with E-state index in [-0.39, 0.29) is 29.8 Å². The Labute approximate surface area is 263 Å². The first-order chi connectivity index (χ1) is 21.5. The molecular weight excluding hydrogens is 601 g/mol. The largest absolute Gasteiger partial charge is 0.489 e. The van der Waals surface area contributed by atoms with E-state index in [0.29, 0.717) is 52.8 Å². The van der Waals surface area contributed by atoms with E-state index in [9.17, 15) is 19.1 Å².